The Bertz CT molecular complexity index is 652. The van der Waals surface area contributed by atoms with Gasteiger partial charge in [-0.3, -0.25) is 14.7 Å². The molecule has 25 heavy (non-hydrogen) atoms. The normalized spacial score (nSPS) is 15.0. The zero-order chi connectivity index (χ0) is 17.3. The maximum atomic E-state index is 12.2. The standard InChI is InChI=1S/C20H25N3O2/c24-20(22-11-3-4-12-23-13-15-25-16-14-23)18-8-6-17(7-9-18)19-5-1-2-10-21-19/h1-2,5-10H,3-4,11-16H2,(H,22,24). The summed E-state index contributed by atoms with van der Waals surface area (Å²) in [7, 11) is 0. The monoisotopic (exact) mass is 339 g/mol. The minimum atomic E-state index is -0.0149. The Morgan fingerprint density at radius 1 is 1.08 bits per heavy atom. The number of aromatic nitrogens is 1. The van der Waals surface area contributed by atoms with Crippen LogP contribution in [0.15, 0.2) is 48.7 Å². The lowest BCUT2D eigenvalue weighted by Gasteiger charge is -2.26. The summed E-state index contributed by atoms with van der Waals surface area (Å²) >= 11 is 0. The highest BCUT2D eigenvalue weighted by atomic mass is 16.5. The molecule has 2 aromatic rings. The molecule has 1 aromatic heterocycles. The highest BCUT2D eigenvalue weighted by Gasteiger charge is 2.09. The van der Waals surface area contributed by atoms with Gasteiger partial charge in [-0.1, -0.05) is 18.2 Å². The van der Waals surface area contributed by atoms with Crippen LogP contribution in [0.5, 0.6) is 0 Å². The van der Waals surface area contributed by atoms with Crippen molar-refractivity contribution in [3.8, 4) is 11.3 Å². The molecule has 3 rings (SSSR count). The van der Waals surface area contributed by atoms with Gasteiger partial charge in [0.25, 0.3) is 5.91 Å². The van der Waals surface area contributed by atoms with Crippen LogP contribution in [0.3, 0.4) is 0 Å². The summed E-state index contributed by atoms with van der Waals surface area (Å²) in [4.78, 5) is 18.9. The van der Waals surface area contributed by atoms with Crippen molar-refractivity contribution in [1.82, 2.24) is 15.2 Å². The van der Waals surface area contributed by atoms with Crippen LogP contribution in [-0.2, 0) is 4.74 Å². The zero-order valence-electron chi connectivity index (χ0n) is 14.5. The van der Waals surface area contributed by atoms with Crippen LogP contribution in [0.1, 0.15) is 23.2 Å². The third-order valence-electron chi connectivity index (χ3n) is 4.40. The van der Waals surface area contributed by atoms with Gasteiger partial charge in [-0.05, 0) is 43.7 Å². The topological polar surface area (TPSA) is 54.5 Å². The van der Waals surface area contributed by atoms with E-state index in [1.165, 1.54) is 0 Å². The Balaban J connectivity index is 1.39. The van der Waals surface area contributed by atoms with Crippen molar-refractivity contribution in [2.24, 2.45) is 0 Å². The number of benzene rings is 1. The second-order valence-corrected chi connectivity index (χ2v) is 6.21. The van der Waals surface area contributed by atoms with Gasteiger partial charge in [-0.2, -0.15) is 0 Å². The van der Waals surface area contributed by atoms with Gasteiger partial charge in [0.2, 0.25) is 0 Å². The molecule has 0 unspecified atom stereocenters. The maximum absolute atomic E-state index is 12.2. The number of unbranched alkanes of at least 4 members (excludes halogenated alkanes) is 1. The third-order valence-corrected chi connectivity index (χ3v) is 4.40. The molecule has 132 valence electrons. The van der Waals surface area contributed by atoms with E-state index in [9.17, 15) is 4.79 Å². The fraction of sp³-hybridized carbons (Fsp3) is 0.400. The first kappa shape index (κ1) is 17.6. The Kier molecular flexibility index (Phi) is 6.54. The van der Waals surface area contributed by atoms with E-state index in [2.05, 4.69) is 15.2 Å². The molecular formula is C20H25N3O2. The highest BCUT2D eigenvalue weighted by Crippen LogP contribution is 2.16. The minimum absolute atomic E-state index is 0.0149. The van der Waals surface area contributed by atoms with Crippen molar-refractivity contribution in [3.63, 3.8) is 0 Å². The maximum Gasteiger partial charge on any atom is 0.251 e. The molecule has 5 nitrogen and oxygen atoms in total. The molecule has 0 radical (unpaired) electrons. The molecule has 0 aliphatic carbocycles. The summed E-state index contributed by atoms with van der Waals surface area (Å²) in [6.07, 6.45) is 3.86. The van der Waals surface area contributed by atoms with Gasteiger partial charge in [0.05, 0.1) is 18.9 Å². The third kappa shape index (κ3) is 5.37. The van der Waals surface area contributed by atoms with E-state index >= 15 is 0 Å². The summed E-state index contributed by atoms with van der Waals surface area (Å²) in [5.41, 5.74) is 2.62. The Morgan fingerprint density at radius 2 is 1.88 bits per heavy atom. The Morgan fingerprint density at radius 3 is 2.60 bits per heavy atom. The molecule has 1 fully saturated rings. The Labute approximate surface area is 149 Å². The van der Waals surface area contributed by atoms with Crippen LogP contribution in [0.2, 0.25) is 0 Å². The first-order valence-electron chi connectivity index (χ1n) is 8.93. The molecule has 5 heteroatoms. The van der Waals surface area contributed by atoms with Crippen LogP contribution in [0.25, 0.3) is 11.3 Å². The number of morpholine rings is 1. The fourth-order valence-corrected chi connectivity index (χ4v) is 2.92. The summed E-state index contributed by atoms with van der Waals surface area (Å²) in [5.74, 6) is -0.0149. The van der Waals surface area contributed by atoms with Gasteiger partial charge >= 0.3 is 0 Å². The highest BCUT2D eigenvalue weighted by molar-refractivity contribution is 5.94. The van der Waals surface area contributed by atoms with Crippen LogP contribution in [0.4, 0.5) is 0 Å². The van der Waals surface area contributed by atoms with Gasteiger partial charge in [0.15, 0.2) is 0 Å². The van der Waals surface area contributed by atoms with Crippen molar-refractivity contribution < 1.29 is 9.53 Å². The van der Waals surface area contributed by atoms with Gasteiger partial charge < -0.3 is 10.1 Å². The van der Waals surface area contributed by atoms with Crippen molar-refractivity contribution in [2.75, 3.05) is 39.4 Å². The Hall–Kier alpha value is -2.24. The molecule has 1 aromatic carbocycles. The predicted molar refractivity (Wildman–Crippen MR) is 98.5 cm³/mol. The number of hydrogen-bond acceptors (Lipinski definition) is 4. The molecule has 0 atom stereocenters. The van der Waals surface area contributed by atoms with Crippen molar-refractivity contribution >= 4 is 5.91 Å². The largest absolute Gasteiger partial charge is 0.379 e. The average Bonchev–Trinajstić information content (AvgIpc) is 2.69. The van der Waals surface area contributed by atoms with Gasteiger partial charge in [-0.25, -0.2) is 0 Å². The van der Waals surface area contributed by atoms with E-state index in [1.54, 1.807) is 6.20 Å². The molecule has 1 aliphatic rings. The number of ether oxygens (including phenoxy) is 1. The number of pyridine rings is 1. The number of rotatable bonds is 7. The fourth-order valence-electron chi connectivity index (χ4n) is 2.92. The molecule has 1 N–H and O–H groups in total. The number of nitrogens with one attached hydrogen (secondary N) is 1. The lowest BCUT2D eigenvalue weighted by atomic mass is 10.1. The summed E-state index contributed by atoms with van der Waals surface area (Å²) in [6, 6.07) is 13.4. The zero-order valence-corrected chi connectivity index (χ0v) is 14.5. The molecule has 1 saturated heterocycles. The molecule has 2 heterocycles. The quantitative estimate of drug-likeness (QED) is 0.788. The number of carbonyl (C=O) groups is 1. The molecule has 0 bridgehead atoms. The van der Waals surface area contributed by atoms with E-state index in [1.807, 2.05) is 42.5 Å². The average molecular weight is 339 g/mol. The van der Waals surface area contributed by atoms with Crippen LogP contribution >= 0.6 is 0 Å². The van der Waals surface area contributed by atoms with Gasteiger partial charge in [-0.15, -0.1) is 0 Å². The summed E-state index contributed by atoms with van der Waals surface area (Å²) < 4.78 is 5.34. The predicted octanol–water partition coefficient (Wildman–Crippen LogP) is 2.59. The van der Waals surface area contributed by atoms with Crippen LogP contribution < -0.4 is 5.32 Å². The number of carbonyl (C=O) groups excluding carboxylic acids is 1. The van der Waals surface area contributed by atoms with Gasteiger partial charge in [0, 0.05) is 37.0 Å². The van der Waals surface area contributed by atoms with Crippen molar-refractivity contribution in [1.29, 1.82) is 0 Å². The smallest absolute Gasteiger partial charge is 0.251 e. The molecular weight excluding hydrogens is 314 g/mol. The SMILES string of the molecule is O=C(NCCCCN1CCOCC1)c1ccc(-c2ccccn2)cc1. The first-order valence-corrected chi connectivity index (χ1v) is 8.93. The second-order valence-electron chi connectivity index (χ2n) is 6.21. The van der Waals surface area contributed by atoms with E-state index in [0.29, 0.717) is 12.1 Å². The molecule has 1 aliphatic heterocycles. The number of nitrogens with zero attached hydrogens (tertiary/aromatic N) is 2. The van der Waals surface area contributed by atoms with Crippen LogP contribution in [0, 0.1) is 0 Å². The van der Waals surface area contributed by atoms with E-state index < -0.39 is 0 Å². The molecule has 0 spiro atoms. The summed E-state index contributed by atoms with van der Waals surface area (Å²) in [6.45, 7) is 5.52. The lowest BCUT2D eigenvalue weighted by molar-refractivity contribution is 0.0372. The van der Waals surface area contributed by atoms with E-state index in [4.69, 9.17) is 4.74 Å². The van der Waals surface area contributed by atoms with E-state index in [-0.39, 0.29) is 5.91 Å². The first-order chi connectivity index (χ1) is 12.3. The van der Waals surface area contributed by atoms with E-state index in [0.717, 1.165) is 56.9 Å². The van der Waals surface area contributed by atoms with Crippen LogP contribution in [-0.4, -0.2) is 55.2 Å². The number of amides is 1. The second kappa shape index (κ2) is 9.30. The van der Waals surface area contributed by atoms with Crippen molar-refractivity contribution in [3.05, 3.63) is 54.2 Å². The van der Waals surface area contributed by atoms with Crippen molar-refractivity contribution in [2.45, 2.75) is 12.8 Å². The molecule has 1 amide bonds. The number of hydrogen-bond donors (Lipinski definition) is 1. The summed E-state index contributed by atoms with van der Waals surface area (Å²) in [5, 5.41) is 3.00. The molecule has 0 saturated carbocycles. The van der Waals surface area contributed by atoms with Gasteiger partial charge in [0.1, 0.15) is 0 Å². The minimum Gasteiger partial charge on any atom is -0.379 e. The lowest BCUT2D eigenvalue weighted by Crippen LogP contribution is -2.37.